The van der Waals surface area contributed by atoms with Crippen molar-refractivity contribution in [3.63, 3.8) is 0 Å². The van der Waals surface area contributed by atoms with Gasteiger partial charge >= 0.3 is 5.97 Å². The number of hydrogen-bond acceptors (Lipinski definition) is 4. The molecule has 1 aromatic rings. The third kappa shape index (κ3) is 5.23. The van der Waals surface area contributed by atoms with Crippen LogP contribution in [0.25, 0.3) is 0 Å². The molecule has 110 valence electrons. The van der Waals surface area contributed by atoms with Crippen molar-refractivity contribution in [3.05, 3.63) is 29.6 Å². The van der Waals surface area contributed by atoms with Gasteiger partial charge in [0.25, 0.3) is 5.91 Å². The lowest BCUT2D eigenvalue weighted by Crippen LogP contribution is -2.30. The smallest absolute Gasteiger partial charge is 0.339 e. The van der Waals surface area contributed by atoms with E-state index in [0.29, 0.717) is 19.6 Å². The van der Waals surface area contributed by atoms with Gasteiger partial charge in [-0.1, -0.05) is 0 Å². The molecule has 2 N–H and O–H groups in total. The van der Waals surface area contributed by atoms with Crippen LogP contribution in [0.2, 0.25) is 0 Å². The van der Waals surface area contributed by atoms with Gasteiger partial charge in [0, 0.05) is 20.3 Å². The van der Waals surface area contributed by atoms with E-state index in [4.69, 9.17) is 14.6 Å². The summed E-state index contributed by atoms with van der Waals surface area (Å²) in [6.07, 6.45) is 0.666. The van der Waals surface area contributed by atoms with Crippen LogP contribution in [-0.4, -0.2) is 43.9 Å². The molecule has 0 saturated carbocycles. The molecular weight excluding hydrogens is 269 g/mol. The highest BCUT2D eigenvalue weighted by Crippen LogP contribution is 2.19. The molecular formula is C13H16FNO5. The third-order valence-electron chi connectivity index (χ3n) is 2.38. The van der Waals surface area contributed by atoms with E-state index in [1.807, 2.05) is 0 Å². The lowest BCUT2D eigenvalue weighted by atomic mass is 10.2. The number of rotatable bonds is 8. The fraction of sp³-hybridized carbons (Fsp3) is 0.385. The Hall–Kier alpha value is -2.15. The van der Waals surface area contributed by atoms with Crippen molar-refractivity contribution in [2.24, 2.45) is 0 Å². The average molecular weight is 285 g/mol. The van der Waals surface area contributed by atoms with E-state index in [0.717, 1.165) is 12.1 Å². The number of methoxy groups -OCH3 is 1. The quantitative estimate of drug-likeness (QED) is 0.697. The van der Waals surface area contributed by atoms with Crippen LogP contribution in [-0.2, 0) is 9.53 Å². The normalized spacial score (nSPS) is 10.1. The van der Waals surface area contributed by atoms with Gasteiger partial charge in [-0.05, 0) is 24.6 Å². The molecule has 1 rings (SSSR count). The van der Waals surface area contributed by atoms with E-state index in [-0.39, 0.29) is 23.8 Å². The molecule has 0 unspecified atom stereocenters. The van der Waals surface area contributed by atoms with E-state index >= 15 is 0 Å². The van der Waals surface area contributed by atoms with Crippen molar-refractivity contribution in [3.8, 4) is 5.75 Å². The van der Waals surface area contributed by atoms with E-state index < -0.39 is 11.8 Å². The number of hydrogen-bond donors (Lipinski definition) is 2. The zero-order chi connectivity index (χ0) is 15.0. The number of benzene rings is 1. The van der Waals surface area contributed by atoms with Gasteiger partial charge < -0.3 is 19.9 Å². The zero-order valence-corrected chi connectivity index (χ0v) is 11.0. The first-order valence-corrected chi connectivity index (χ1v) is 5.96. The minimum Gasteiger partial charge on any atom is -0.483 e. The average Bonchev–Trinajstić information content (AvgIpc) is 2.42. The fourth-order valence-electron chi connectivity index (χ4n) is 1.43. The number of carboxylic acid groups (broad SMARTS) is 1. The molecule has 0 fully saturated rings. The molecule has 7 heteroatoms. The van der Waals surface area contributed by atoms with Gasteiger partial charge in [-0.25, -0.2) is 9.18 Å². The summed E-state index contributed by atoms with van der Waals surface area (Å²) < 4.78 is 22.8. The number of carbonyl (C=O) groups is 2. The maximum absolute atomic E-state index is 12.9. The number of nitrogens with one attached hydrogen (secondary N) is 1. The van der Waals surface area contributed by atoms with Crippen LogP contribution < -0.4 is 10.1 Å². The van der Waals surface area contributed by atoms with Crippen LogP contribution in [0, 0.1) is 5.82 Å². The van der Waals surface area contributed by atoms with Crippen molar-refractivity contribution >= 4 is 11.9 Å². The molecule has 0 aliphatic heterocycles. The van der Waals surface area contributed by atoms with Crippen molar-refractivity contribution in [2.45, 2.75) is 6.42 Å². The summed E-state index contributed by atoms with van der Waals surface area (Å²) in [5.41, 5.74) is -0.322. The summed E-state index contributed by atoms with van der Waals surface area (Å²) in [6, 6.07) is 3.09. The predicted octanol–water partition coefficient (Wildman–Crippen LogP) is 1.06. The van der Waals surface area contributed by atoms with Crippen LogP contribution >= 0.6 is 0 Å². The first kappa shape index (κ1) is 15.9. The second-order valence-electron chi connectivity index (χ2n) is 3.93. The molecule has 0 bridgehead atoms. The summed E-state index contributed by atoms with van der Waals surface area (Å²) in [4.78, 5) is 22.3. The lowest BCUT2D eigenvalue weighted by molar-refractivity contribution is -0.123. The van der Waals surface area contributed by atoms with Crippen LogP contribution in [0.15, 0.2) is 18.2 Å². The van der Waals surface area contributed by atoms with E-state index in [1.54, 1.807) is 7.11 Å². The molecule has 0 radical (unpaired) electrons. The molecule has 0 aliphatic rings. The first-order valence-electron chi connectivity index (χ1n) is 5.96. The Morgan fingerprint density at radius 2 is 2.15 bits per heavy atom. The van der Waals surface area contributed by atoms with Gasteiger partial charge in [0.15, 0.2) is 6.61 Å². The SMILES string of the molecule is COCCCNC(=O)COc1ccc(F)cc1C(=O)O. The molecule has 0 aromatic heterocycles. The zero-order valence-electron chi connectivity index (χ0n) is 11.0. The maximum Gasteiger partial charge on any atom is 0.339 e. The summed E-state index contributed by atoms with van der Waals surface area (Å²) in [5, 5.41) is 11.5. The second-order valence-corrected chi connectivity index (χ2v) is 3.93. The number of aromatic carboxylic acids is 1. The molecule has 20 heavy (non-hydrogen) atoms. The highest BCUT2D eigenvalue weighted by molar-refractivity contribution is 5.91. The summed E-state index contributed by atoms with van der Waals surface area (Å²) in [7, 11) is 1.56. The van der Waals surface area contributed by atoms with E-state index in [1.165, 1.54) is 6.07 Å². The fourth-order valence-corrected chi connectivity index (χ4v) is 1.43. The lowest BCUT2D eigenvalue weighted by Gasteiger charge is -2.09. The van der Waals surface area contributed by atoms with Gasteiger partial charge in [0.2, 0.25) is 0 Å². The molecule has 1 amide bonds. The highest BCUT2D eigenvalue weighted by Gasteiger charge is 2.13. The van der Waals surface area contributed by atoms with Gasteiger partial charge in [-0.3, -0.25) is 4.79 Å². The summed E-state index contributed by atoms with van der Waals surface area (Å²) in [5.74, 6) is -2.44. The minimum atomic E-state index is -1.32. The van der Waals surface area contributed by atoms with Gasteiger partial charge in [-0.2, -0.15) is 0 Å². The molecule has 1 aromatic carbocycles. The van der Waals surface area contributed by atoms with Crippen molar-refractivity contribution in [2.75, 3.05) is 26.9 Å². The molecule has 0 atom stereocenters. The predicted molar refractivity (Wildman–Crippen MR) is 68.4 cm³/mol. The molecule has 6 nitrogen and oxygen atoms in total. The molecule has 0 aliphatic carbocycles. The summed E-state index contributed by atoms with van der Waals surface area (Å²) in [6.45, 7) is 0.631. The highest BCUT2D eigenvalue weighted by atomic mass is 19.1. The van der Waals surface area contributed by atoms with Crippen molar-refractivity contribution in [1.82, 2.24) is 5.32 Å². The minimum absolute atomic E-state index is 0.0501. The van der Waals surface area contributed by atoms with Gasteiger partial charge in [-0.15, -0.1) is 0 Å². The molecule has 0 spiro atoms. The van der Waals surface area contributed by atoms with Crippen LogP contribution in [0.4, 0.5) is 4.39 Å². The van der Waals surface area contributed by atoms with Gasteiger partial charge in [0.05, 0.1) is 0 Å². The van der Waals surface area contributed by atoms with Crippen LogP contribution in [0.1, 0.15) is 16.8 Å². The summed E-state index contributed by atoms with van der Waals surface area (Å²) >= 11 is 0. The molecule has 0 heterocycles. The number of carbonyl (C=O) groups excluding carboxylic acids is 1. The largest absolute Gasteiger partial charge is 0.483 e. The Balaban J connectivity index is 2.49. The number of halogens is 1. The van der Waals surface area contributed by atoms with Crippen LogP contribution in [0.5, 0.6) is 5.75 Å². The Morgan fingerprint density at radius 3 is 2.80 bits per heavy atom. The Kier molecular flexibility index (Phi) is 6.45. The van der Waals surface area contributed by atoms with Crippen molar-refractivity contribution < 1.29 is 28.6 Å². The van der Waals surface area contributed by atoms with E-state index in [2.05, 4.69) is 5.32 Å². The third-order valence-corrected chi connectivity index (χ3v) is 2.38. The van der Waals surface area contributed by atoms with Gasteiger partial charge in [0.1, 0.15) is 17.1 Å². The van der Waals surface area contributed by atoms with Crippen molar-refractivity contribution in [1.29, 1.82) is 0 Å². The van der Waals surface area contributed by atoms with Crippen LogP contribution in [0.3, 0.4) is 0 Å². The monoisotopic (exact) mass is 285 g/mol. The number of ether oxygens (including phenoxy) is 2. The second kappa shape index (κ2) is 8.11. The Bertz CT molecular complexity index is 478. The number of carboxylic acids is 1. The molecule has 0 saturated heterocycles. The maximum atomic E-state index is 12.9. The Labute approximate surface area is 115 Å². The van der Waals surface area contributed by atoms with E-state index in [9.17, 15) is 14.0 Å². The topological polar surface area (TPSA) is 84.9 Å². The Morgan fingerprint density at radius 1 is 1.40 bits per heavy atom. The number of amides is 1. The standard InChI is InChI=1S/C13H16FNO5/c1-19-6-2-5-15-12(16)8-20-11-4-3-9(14)7-10(11)13(17)18/h3-4,7H,2,5-6,8H2,1H3,(H,15,16)(H,17,18). The first-order chi connectivity index (χ1) is 9.54.